The lowest BCUT2D eigenvalue weighted by atomic mass is 9.82. The fourth-order valence-electron chi connectivity index (χ4n) is 26.6. The smallest absolute Gasteiger partial charge is 0.164 e. The van der Waals surface area contributed by atoms with Gasteiger partial charge < -0.3 is 27.7 Å². The topological polar surface area (TPSA) is 66.6 Å². The van der Waals surface area contributed by atoms with E-state index >= 15 is 0 Å². The molecule has 0 bridgehead atoms. The zero-order chi connectivity index (χ0) is 97.3. The third kappa shape index (κ3) is 12.1. The van der Waals surface area contributed by atoms with Crippen LogP contribution in [0, 0.1) is 0 Å². The summed E-state index contributed by atoms with van der Waals surface area (Å²) in [4.78, 5) is 19.5. The zero-order valence-electron chi connectivity index (χ0n) is 82.0. The van der Waals surface area contributed by atoms with E-state index in [4.69, 9.17) is 15.0 Å². The van der Waals surface area contributed by atoms with E-state index < -0.39 is 0 Å². The van der Waals surface area contributed by atoms with E-state index in [1.807, 2.05) is 0 Å². The highest BCUT2D eigenvalue weighted by Crippen LogP contribution is 2.58. The van der Waals surface area contributed by atoms with Crippen LogP contribution in [-0.4, -0.2) is 37.8 Å². The Labute approximate surface area is 850 Å². The number of para-hydroxylation sites is 6. The third-order valence-electron chi connectivity index (χ3n) is 33.6. The predicted octanol–water partition coefficient (Wildman–Crippen LogP) is 35.2. The lowest BCUT2D eigenvalue weighted by Gasteiger charge is -2.27. The molecule has 9 heteroatoms. The molecule has 7 heterocycles. The van der Waals surface area contributed by atoms with Crippen LogP contribution in [0.2, 0.25) is 0 Å². The second-order valence-corrected chi connectivity index (χ2v) is 42.5. The summed E-state index contributed by atoms with van der Waals surface area (Å²) in [6.07, 6.45) is 5.59. The Balaban J connectivity index is 0.517. The van der Waals surface area contributed by atoms with E-state index in [0.29, 0.717) is 17.5 Å². The number of hydrogen-bond acceptors (Lipinski definition) is 4. The van der Waals surface area contributed by atoms with Crippen molar-refractivity contribution in [3.05, 3.63) is 499 Å². The van der Waals surface area contributed by atoms with Crippen LogP contribution in [0.15, 0.2) is 455 Å². The number of benzene rings is 20. The molecule has 147 heavy (non-hydrogen) atoms. The number of allylic oxidation sites excluding steroid dienone is 4. The molecule has 0 saturated carbocycles. The Bertz CT molecular complexity index is 9970. The van der Waals surface area contributed by atoms with E-state index in [1.54, 1.807) is 0 Å². The van der Waals surface area contributed by atoms with Gasteiger partial charge in [0.15, 0.2) is 17.5 Å². The maximum atomic E-state index is 5.67. The van der Waals surface area contributed by atoms with Gasteiger partial charge >= 0.3 is 0 Å². The van der Waals surface area contributed by atoms with Gasteiger partial charge in [-0.05, 0) is 288 Å². The lowest BCUT2D eigenvalue weighted by molar-refractivity contribution is 0.660. The monoisotopic (exact) mass is 1880 g/mol. The molecule has 0 spiro atoms. The van der Waals surface area contributed by atoms with Crippen molar-refractivity contribution < 1.29 is 0 Å². The molecule has 26 aromatic rings. The lowest BCUT2D eigenvalue weighted by Crippen LogP contribution is -2.15. The number of fused-ring (bicyclic) bond motifs is 27. The maximum absolute atomic E-state index is 5.67. The molecule has 31 rings (SSSR count). The molecule has 4 aliphatic carbocycles. The van der Waals surface area contributed by atoms with Crippen LogP contribution in [0.5, 0.6) is 0 Å². The summed E-state index contributed by atoms with van der Waals surface area (Å²) in [7, 11) is 0. The number of rotatable bonds is 12. The molecule has 5 aliphatic rings. The fourth-order valence-corrected chi connectivity index (χ4v) is 26.6. The van der Waals surface area contributed by atoms with Gasteiger partial charge in [0.2, 0.25) is 0 Å². The molecule has 0 saturated heterocycles. The molecule has 1 atom stereocenters. The number of anilines is 2. The van der Waals surface area contributed by atoms with E-state index in [0.717, 1.165) is 84.5 Å². The van der Waals surface area contributed by atoms with Gasteiger partial charge in [-0.15, -0.1) is 0 Å². The number of aromatic nitrogens is 8. The van der Waals surface area contributed by atoms with Crippen molar-refractivity contribution in [2.24, 2.45) is 0 Å². The van der Waals surface area contributed by atoms with Crippen molar-refractivity contribution in [2.45, 2.75) is 70.1 Å². The minimum atomic E-state index is -0.127. The van der Waals surface area contributed by atoms with Gasteiger partial charge in [0.1, 0.15) is 0 Å². The van der Waals surface area contributed by atoms with Gasteiger partial charge in [-0.25, -0.2) is 15.0 Å². The maximum Gasteiger partial charge on any atom is 0.164 e. The summed E-state index contributed by atoms with van der Waals surface area (Å²) in [5, 5.41) is 12.0. The van der Waals surface area contributed by atoms with Gasteiger partial charge in [-0.1, -0.05) is 315 Å². The summed E-state index contributed by atoms with van der Waals surface area (Å²) in [6, 6.07) is 163. The zero-order valence-corrected chi connectivity index (χ0v) is 82.0. The molecule has 0 radical (unpaired) electrons. The average molecular weight is 1880 g/mol. The Morgan fingerprint density at radius 3 is 0.844 bits per heavy atom. The molecule has 692 valence electrons. The van der Waals surface area contributed by atoms with Crippen molar-refractivity contribution >= 4 is 126 Å². The quantitative estimate of drug-likeness (QED) is 0.122. The predicted molar refractivity (Wildman–Crippen MR) is 610 cm³/mol. The minimum Gasteiger partial charge on any atom is -0.313 e. The summed E-state index contributed by atoms with van der Waals surface area (Å²) < 4.78 is 12.2. The van der Waals surface area contributed by atoms with Gasteiger partial charge in [-0.2, -0.15) is 0 Å². The molecule has 1 unspecified atom stereocenters. The molecule has 20 aromatic carbocycles. The van der Waals surface area contributed by atoms with E-state index in [-0.39, 0.29) is 22.2 Å². The van der Waals surface area contributed by atoms with Crippen LogP contribution in [-0.2, 0) is 16.2 Å². The van der Waals surface area contributed by atoms with Crippen molar-refractivity contribution in [1.82, 2.24) is 37.8 Å². The Hall–Kier alpha value is -18.3. The van der Waals surface area contributed by atoms with Crippen LogP contribution in [0.1, 0.15) is 98.4 Å². The fraction of sp³-hybridized carbons (Fsp3) is 0.0797. The van der Waals surface area contributed by atoms with Crippen LogP contribution in [0.4, 0.5) is 11.4 Å². The molecule has 0 N–H and O–H groups in total. The highest BCUT2D eigenvalue weighted by molar-refractivity contribution is 6.17. The van der Waals surface area contributed by atoms with Crippen molar-refractivity contribution in [2.75, 3.05) is 4.90 Å². The Morgan fingerprint density at radius 1 is 0.204 bits per heavy atom. The highest BCUT2D eigenvalue weighted by Gasteiger charge is 2.42. The van der Waals surface area contributed by atoms with E-state index in [9.17, 15) is 0 Å². The van der Waals surface area contributed by atoms with E-state index in [2.05, 4.69) is 518 Å². The molecular weight excluding hydrogens is 1780 g/mol. The van der Waals surface area contributed by atoms with Gasteiger partial charge in [0.05, 0.1) is 55.2 Å². The molecule has 6 aromatic heterocycles. The first-order valence-electron chi connectivity index (χ1n) is 51.4. The first-order valence-corrected chi connectivity index (χ1v) is 51.4. The van der Waals surface area contributed by atoms with Crippen LogP contribution >= 0.6 is 0 Å². The molecule has 0 amide bonds. The van der Waals surface area contributed by atoms with Crippen molar-refractivity contribution in [3.8, 4) is 118 Å². The van der Waals surface area contributed by atoms with Crippen LogP contribution < -0.4 is 4.90 Å². The largest absolute Gasteiger partial charge is 0.313 e. The van der Waals surface area contributed by atoms with Crippen LogP contribution in [0.25, 0.3) is 233 Å². The van der Waals surface area contributed by atoms with Crippen molar-refractivity contribution in [1.29, 1.82) is 0 Å². The summed E-state index contributed by atoms with van der Waals surface area (Å²) >= 11 is 0. The SMILES string of the molecule is CC1(C)c2ccccc2-c2ccc(-n3c4ccccc4c4cc(C5=CC=C6C(C5)c5ccccc5N6c5cccc(-c6nc(-c7cccc(-n8c9ccccc9c9cc(-c%10ccc%11c(c%10)c%10ccccc%10n%11-c%10ccc%11c(c%10)C(C)(C)c%10ccccc%10-%11)ccc98)c7)nc(-c7cccc(-n8c9ccccc9c9cc(-c%10ccc%11c(c%10)c%10ccccc%10n%11-c%10ccc%11c(c%10)C(C)(C)c%10ccccc%10-%11)ccc98)c7)n6)c5)ccc43)cc21. The first kappa shape index (κ1) is 83.3. The Morgan fingerprint density at radius 2 is 0.483 bits per heavy atom. The second-order valence-electron chi connectivity index (χ2n) is 42.5. The highest BCUT2D eigenvalue weighted by atomic mass is 15.2. The van der Waals surface area contributed by atoms with Gasteiger partial charge in [-0.3, -0.25) is 0 Å². The molecular formula is C138H95N9. The summed E-state index contributed by atoms with van der Waals surface area (Å²) in [6.45, 7) is 14.2. The molecule has 1 aliphatic heterocycles. The number of hydrogen-bond donors (Lipinski definition) is 0. The average Bonchev–Trinajstić information content (AvgIpc) is 1.57. The van der Waals surface area contributed by atoms with Gasteiger partial charge in [0.25, 0.3) is 0 Å². The molecule has 9 nitrogen and oxygen atoms in total. The second kappa shape index (κ2) is 30.9. The van der Waals surface area contributed by atoms with E-state index in [1.165, 1.54) is 199 Å². The summed E-state index contributed by atoms with van der Waals surface area (Å²) in [5.74, 6) is 1.78. The third-order valence-corrected chi connectivity index (χ3v) is 33.6. The molecule has 0 fully saturated rings. The Kier molecular flexibility index (Phi) is 17.5. The first-order chi connectivity index (χ1) is 72.1. The van der Waals surface area contributed by atoms with Gasteiger partial charge in [0, 0.05) is 138 Å². The summed E-state index contributed by atoms with van der Waals surface area (Å²) in [5.41, 5.74) is 47.3. The van der Waals surface area contributed by atoms with Crippen LogP contribution in [0.3, 0.4) is 0 Å². The van der Waals surface area contributed by atoms with Crippen molar-refractivity contribution in [3.63, 3.8) is 0 Å². The normalized spacial score (nSPS) is 14.9. The standard InChI is InChI=1S/C138H95N9/c1-136(2)115-43-16-7-34-97(115)100-61-58-94(79-118(100)136)145-124-49-22-13-40-106(124)112-76-85(55-67-130(112)145)82-52-64-127-109(73-82)103-37-10-19-46-121(103)142(127)91-31-25-28-88(70-91)133-139-134(89-29-26-32-92(71-89)143-122-47-20-11-38-104(122)110-74-83(53-65-128(110)143)86-56-68-131-113(77-86)107-41-14-23-50-125(107)146(131)95-59-62-101-98-35-8-17-44-116(98)137(3,4)119(101)80-95)141-135(140-133)90-30-27-33-93(72-90)144-123-48-21-12-39-105(123)111-75-84(54-66-129(111)144)87-57-69-132-114(78-87)108-42-15-24-51-126(108)147(132)96-60-63-102-99-36-9-18-45-117(99)138(5,6)120(102)81-96/h7-74,76-81,111H,75H2,1-6H3. The minimum absolute atomic E-state index is 0.0967. The number of nitrogens with zero attached hydrogens (tertiary/aromatic N) is 9.